The van der Waals surface area contributed by atoms with Crippen molar-refractivity contribution in [1.29, 1.82) is 0 Å². The molecule has 1 amide bonds. The molecule has 1 saturated heterocycles. The van der Waals surface area contributed by atoms with Gasteiger partial charge in [0.2, 0.25) is 5.91 Å². The molecule has 2 atom stereocenters. The molecule has 38 heavy (non-hydrogen) atoms. The molecule has 2 N–H and O–H groups in total. The minimum atomic E-state index is -0.135. The smallest absolute Gasteiger partial charge is 0.226 e. The molecule has 0 unspecified atom stereocenters. The minimum absolute atomic E-state index is 0.0683. The lowest BCUT2D eigenvalue weighted by molar-refractivity contribution is -0.118. The van der Waals surface area contributed by atoms with Crippen molar-refractivity contribution in [2.75, 3.05) is 10.2 Å². The summed E-state index contributed by atoms with van der Waals surface area (Å²) in [5.41, 5.74) is 6.22. The zero-order chi connectivity index (χ0) is 27.0. The van der Waals surface area contributed by atoms with Gasteiger partial charge in [-0.1, -0.05) is 50.8 Å². The number of halogens is 1. The van der Waals surface area contributed by atoms with E-state index in [-0.39, 0.29) is 23.9 Å². The topological polar surface area (TPSA) is 62.2 Å². The Morgan fingerprint density at radius 1 is 1.13 bits per heavy atom. The summed E-state index contributed by atoms with van der Waals surface area (Å²) in [6.07, 6.45) is 8.18. The fraction of sp³-hybridized carbons (Fsp3) is 0.433. The van der Waals surface area contributed by atoms with Crippen LogP contribution in [0.2, 0.25) is 5.02 Å². The van der Waals surface area contributed by atoms with Crippen molar-refractivity contribution in [3.05, 3.63) is 76.3 Å². The van der Waals surface area contributed by atoms with E-state index < -0.39 is 0 Å². The number of carbonyl (C=O) groups excluding carboxylic acids is 1. The molecule has 2 fully saturated rings. The lowest BCUT2D eigenvalue weighted by atomic mass is 9.94. The highest BCUT2D eigenvalue weighted by Gasteiger charge is 2.42. The predicted octanol–water partition coefficient (Wildman–Crippen LogP) is 7.43. The van der Waals surface area contributed by atoms with Gasteiger partial charge in [0.1, 0.15) is 0 Å². The Hall–Kier alpha value is -2.90. The van der Waals surface area contributed by atoms with E-state index in [0.29, 0.717) is 21.9 Å². The van der Waals surface area contributed by atoms with Crippen LogP contribution >= 0.6 is 23.8 Å². The summed E-state index contributed by atoms with van der Waals surface area (Å²) in [4.78, 5) is 19.1. The van der Waals surface area contributed by atoms with Crippen LogP contribution in [0, 0.1) is 19.8 Å². The van der Waals surface area contributed by atoms with Gasteiger partial charge in [0.05, 0.1) is 28.5 Å². The number of aryl methyl sites for hydroxylation is 1. The molecule has 2 aromatic heterocycles. The third kappa shape index (κ3) is 5.06. The first-order chi connectivity index (χ1) is 18.3. The summed E-state index contributed by atoms with van der Waals surface area (Å²) in [6, 6.07) is 14.4. The predicted molar refractivity (Wildman–Crippen MR) is 159 cm³/mol. The number of hydrogen-bond acceptors (Lipinski definition) is 3. The summed E-state index contributed by atoms with van der Waals surface area (Å²) < 4.78 is 2.54. The Balaban J connectivity index is 1.58. The SMILES string of the molecule is Cc1cc([C@@H]2[C@@H](c3ccccn3)NC(=S)N2c2ccc(NC(=O)C(C)C)c(Cl)c2)c(C)n1C1CCCCC1. The Labute approximate surface area is 235 Å². The number of anilines is 2. The fourth-order valence-corrected chi connectivity index (χ4v) is 6.55. The molecular formula is C30H36ClN5OS. The fourth-order valence-electron chi connectivity index (χ4n) is 5.98. The summed E-state index contributed by atoms with van der Waals surface area (Å²) >= 11 is 12.6. The molecule has 1 aromatic carbocycles. The molecule has 1 saturated carbocycles. The van der Waals surface area contributed by atoms with Crippen molar-refractivity contribution in [2.24, 2.45) is 5.92 Å². The third-order valence-corrected chi connectivity index (χ3v) is 8.52. The van der Waals surface area contributed by atoms with E-state index in [2.05, 4.69) is 46.1 Å². The maximum Gasteiger partial charge on any atom is 0.226 e. The number of aromatic nitrogens is 2. The van der Waals surface area contributed by atoms with E-state index >= 15 is 0 Å². The van der Waals surface area contributed by atoms with Crippen LogP contribution in [0.25, 0.3) is 0 Å². The van der Waals surface area contributed by atoms with Crippen molar-refractivity contribution >= 4 is 46.2 Å². The Kier molecular flexibility index (Phi) is 7.78. The minimum Gasteiger partial charge on any atom is -0.351 e. The number of nitrogens with one attached hydrogen (secondary N) is 2. The highest BCUT2D eigenvalue weighted by Crippen LogP contribution is 2.45. The second-order valence-corrected chi connectivity index (χ2v) is 11.6. The molecule has 6 nitrogen and oxygen atoms in total. The first kappa shape index (κ1) is 26.7. The number of carbonyl (C=O) groups is 1. The zero-order valence-corrected chi connectivity index (χ0v) is 24.1. The molecule has 0 bridgehead atoms. The molecule has 200 valence electrons. The van der Waals surface area contributed by atoms with Gasteiger partial charge in [-0.25, -0.2) is 0 Å². The molecule has 1 aliphatic heterocycles. The van der Waals surface area contributed by atoms with Gasteiger partial charge < -0.3 is 20.1 Å². The highest BCUT2D eigenvalue weighted by atomic mass is 35.5. The Morgan fingerprint density at radius 3 is 2.55 bits per heavy atom. The molecule has 5 rings (SSSR count). The summed E-state index contributed by atoms with van der Waals surface area (Å²) in [6.45, 7) is 8.18. The van der Waals surface area contributed by atoms with E-state index in [1.54, 1.807) is 0 Å². The van der Waals surface area contributed by atoms with Crippen LogP contribution in [0.5, 0.6) is 0 Å². The lowest BCUT2D eigenvalue weighted by Gasteiger charge is -2.30. The maximum atomic E-state index is 12.3. The van der Waals surface area contributed by atoms with Crippen molar-refractivity contribution in [1.82, 2.24) is 14.9 Å². The zero-order valence-electron chi connectivity index (χ0n) is 22.5. The molecule has 3 aromatic rings. The number of benzene rings is 1. The van der Waals surface area contributed by atoms with Gasteiger partial charge in [-0.05, 0) is 80.9 Å². The molecule has 1 aliphatic carbocycles. The summed E-state index contributed by atoms with van der Waals surface area (Å²) in [5.74, 6) is -0.203. The largest absolute Gasteiger partial charge is 0.351 e. The van der Waals surface area contributed by atoms with Crippen molar-refractivity contribution in [3.63, 3.8) is 0 Å². The normalized spacial score (nSPS) is 20.2. The quantitative estimate of drug-likeness (QED) is 0.313. The standard InChI is InChI=1S/C30H36ClN5OS/c1-18(2)29(37)33-25-14-13-22(17-24(25)31)36-28(27(34-30(36)38)26-12-8-9-15-32-26)23-16-19(3)35(20(23)4)21-10-6-5-7-11-21/h8-9,12-18,21,27-28H,5-7,10-11H2,1-4H3,(H,33,37)(H,34,38)/t27-,28-/m1/s1. The van der Waals surface area contributed by atoms with E-state index in [1.807, 2.05) is 50.4 Å². The third-order valence-electron chi connectivity index (χ3n) is 7.89. The second kappa shape index (κ2) is 11.1. The number of thiocarbonyl (C=S) groups is 1. The second-order valence-electron chi connectivity index (χ2n) is 10.8. The van der Waals surface area contributed by atoms with E-state index in [4.69, 9.17) is 28.8 Å². The van der Waals surface area contributed by atoms with Gasteiger partial charge in [-0.15, -0.1) is 0 Å². The van der Waals surface area contributed by atoms with Crippen LogP contribution in [0.15, 0.2) is 48.7 Å². The van der Waals surface area contributed by atoms with Crippen LogP contribution < -0.4 is 15.5 Å². The van der Waals surface area contributed by atoms with Crippen LogP contribution in [-0.2, 0) is 4.79 Å². The van der Waals surface area contributed by atoms with Gasteiger partial charge >= 0.3 is 0 Å². The van der Waals surface area contributed by atoms with Crippen LogP contribution in [0.1, 0.15) is 86.7 Å². The number of nitrogens with zero attached hydrogens (tertiary/aromatic N) is 3. The molecule has 2 aliphatic rings. The van der Waals surface area contributed by atoms with Crippen molar-refractivity contribution in [3.8, 4) is 0 Å². The van der Waals surface area contributed by atoms with E-state index in [1.165, 1.54) is 49.1 Å². The summed E-state index contributed by atoms with van der Waals surface area (Å²) in [7, 11) is 0. The number of rotatable bonds is 6. The van der Waals surface area contributed by atoms with E-state index in [9.17, 15) is 4.79 Å². The first-order valence-corrected chi connectivity index (χ1v) is 14.3. The average Bonchev–Trinajstić information content (AvgIpc) is 3.41. The molecule has 0 spiro atoms. The van der Waals surface area contributed by atoms with Gasteiger partial charge in [-0.3, -0.25) is 9.78 Å². The Morgan fingerprint density at radius 2 is 1.89 bits per heavy atom. The van der Waals surface area contributed by atoms with Crippen LogP contribution in [0.4, 0.5) is 11.4 Å². The van der Waals surface area contributed by atoms with Crippen molar-refractivity contribution in [2.45, 2.75) is 77.9 Å². The molecule has 0 radical (unpaired) electrons. The van der Waals surface area contributed by atoms with Gasteiger partial charge in [0.15, 0.2) is 5.11 Å². The highest BCUT2D eigenvalue weighted by molar-refractivity contribution is 7.80. The molecular weight excluding hydrogens is 514 g/mol. The lowest BCUT2D eigenvalue weighted by Crippen LogP contribution is -2.29. The Bertz CT molecular complexity index is 1330. The summed E-state index contributed by atoms with van der Waals surface area (Å²) in [5, 5.41) is 7.58. The van der Waals surface area contributed by atoms with Crippen LogP contribution in [-0.4, -0.2) is 20.6 Å². The van der Waals surface area contributed by atoms with Gasteiger partial charge in [0, 0.05) is 35.2 Å². The molecule has 3 heterocycles. The number of amides is 1. The van der Waals surface area contributed by atoms with Gasteiger partial charge in [-0.2, -0.15) is 0 Å². The number of hydrogen-bond donors (Lipinski definition) is 2. The average molecular weight is 550 g/mol. The van der Waals surface area contributed by atoms with Crippen molar-refractivity contribution < 1.29 is 4.79 Å². The first-order valence-electron chi connectivity index (χ1n) is 13.6. The molecule has 8 heteroatoms. The monoisotopic (exact) mass is 549 g/mol. The maximum absolute atomic E-state index is 12.3. The van der Waals surface area contributed by atoms with E-state index in [0.717, 1.165) is 11.4 Å². The number of pyridine rings is 1. The van der Waals surface area contributed by atoms with Crippen LogP contribution in [0.3, 0.4) is 0 Å². The van der Waals surface area contributed by atoms with Gasteiger partial charge in [0.25, 0.3) is 0 Å².